The maximum atomic E-state index is 12.8. The Labute approximate surface area is 188 Å². The van der Waals surface area contributed by atoms with Crippen LogP contribution in [-0.4, -0.2) is 50.8 Å². The highest BCUT2D eigenvalue weighted by Gasteiger charge is 2.21. The molecule has 1 aromatic heterocycles. The molecule has 0 radical (unpaired) electrons. The summed E-state index contributed by atoms with van der Waals surface area (Å²) >= 11 is 0. The Bertz CT molecular complexity index is 1150. The van der Waals surface area contributed by atoms with Gasteiger partial charge in [-0.1, -0.05) is 12.1 Å². The van der Waals surface area contributed by atoms with E-state index < -0.39 is 0 Å². The number of hydrogen-bond acceptors (Lipinski definition) is 5. The van der Waals surface area contributed by atoms with Gasteiger partial charge in [-0.15, -0.1) is 0 Å². The molecule has 0 saturated carbocycles. The van der Waals surface area contributed by atoms with E-state index in [1.165, 1.54) is 0 Å². The molecule has 1 fully saturated rings. The van der Waals surface area contributed by atoms with Crippen LogP contribution < -0.4 is 9.47 Å². The van der Waals surface area contributed by atoms with Crippen molar-refractivity contribution < 1.29 is 23.4 Å². The van der Waals surface area contributed by atoms with Gasteiger partial charge >= 0.3 is 0 Å². The molecule has 0 bridgehead atoms. The SMILES string of the molecule is CCOc1c(/C(C)=C/C(=O)N2CCOCC2)cc2c(-c3cccc(OC)c3)coc2c1C. The molecule has 1 aliphatic rings. The second-order valence-electron chi connectivity index (χ2n) is 7.83. The van der Waals surface area contributed by atoms with Crippen LogP contribution in [0.4, 0.5) is 0 Å². The number of nitrogens with zero attached hydrogens (tertiary/aromatic N) is 1. The van der Waals surface area contributed by atoms with Crippen molar-refractivity contribution in [3.05, 3.63) is 53.8 Å². The molecule has 6 nitrogen and oxygen atoms in total. The molecule has 0 spiro atoms. The number of morpholine rings is 1. The second kappa shape index (κ2) is 9.49. The first-order valence-corrected chi connectivity index (χ1v) is 10.9. The first-order chi connectivity index (χ1) is 15.5. The van der Waals surface area contributed by atoms with Crippen LogP contribution in [0.15, 0.2) is 47.1 Å². The fourth-order valence-electron chi connectivity index (χ4n) is 4.09. The summed E-state index contributed by atoms with van der Waals surface area (Å²) in [7, 11) is 1.66. The Morgan fingerprint density at radius 3 is 2.72 bits per heavy atom. The first-order valence-electron chi connectivity index (χ1n) is 10.9. The van der Waals surface area contributed by atoms with Crippen LogP contribution in [0.2, 0.25) is 0 Å². The Morgan fingerprint density at radius 1 is 1.22 bits per heavy atom. The number of methoxy groups -OCH3 is 1. The molecule has 0 aliphatic carbocycles. The highest BCUT2D eigenvalue weighted by molar-refractivity contribution is 6.01. The van der Waals surface area contributed by atoms with E-state index >= 15 is 0 Å². The summed E-state index contributed by atoms with van der Waals surface area (Å²) in [6.07, 6.45) is 3.46. The Balaban J connectivity index is 1.82. The molecular weight excluding hydrogens is 406 g/mol. The quantitative estimate of drug-likeness (QED) is 0.506. The number of hydrogen-bond donors (Lipinski definition) is 0. The monoisotopic (exact) mass is 435 g/mol. The second-order valence-corrected chi connectivity index (χ2v) is 7.83. The summed E-state index contributed by atoms with van der Waals surface area (Å²) in [6.45, 7) is 8.79. The summed E-state index contributed by atoms with van der Waals surface area (Å²) in [5, 5.41) is 0.973. The summed E-state index contributed by atoms with van der Waals surface area (Å²) in [5.41, 5.74) is 5.42. The number of rotatable bonds is 6. The lowest BCUT2D eigenvalue weighted by atomic mass is 9.96. The summed E-state index contributed by atoms with van der Waals surface area (Å²) < 4.78 is 22.7. The molecule has 1 amide bonds. The minimum atomic E-state index is -0.00814. The molecule has 6 heteroatoms. The van der Waals surface area contributed by atoms with Crippen LogP contribution in [0.1, 0.15) is 25.0 Å². The Morgan fingerprint density at radius 2 is 2.00 bits per heavy atom. The van der Waals surface area contributed by atoms with Crippen molar-refractivity contribution in [1.82, 2.24) is 4.90 Å². The summed E-state index contributed by atoms with van der Waals surface area (Å²) in [6, 6.07) is 9.95. The van der Waals surface area contributed by atoms with E-state index in [0.29, 0.717) is 32.9 Å². The lowest BCUT2D eigenvalue weighted by Gasteiger charge is -2.26. The number of fused-ring (bicyclic) bond motifs is 1. The number of benzene rings is 2. The van der Waals surface area contributed by atoms with Gasteiger partial charge in [0.25, 0.3) is 0 Å². The first kappa shape index (κ1) is 22.0. The summed E-state index contributed by atoms with van der Waals surface area (Å²) in [4.78, 5) is 14.6. The number of aryl methyl sites for hydroxylation is 1. The molecule has 3 aromatic rings. The maximum Gasteiger partial charge on any atom is 0.247 e. The van der Waals surface area contributed by atoms with Crippen LogP contribution in [0, 0.1) is 6.92 Å². The average molecular weight is 436 g/mol. The highest BCUT2D eigenvalue weighted by Crippen LogP contribution is 2.41. The van der Waals surface area contributed by atoms with Crippen molar-refractivity contribution in [3.63, 3.8) is 0 Å². The smallest absolute Gasteiger partial charge is 0.247 e. The maximum absolute atomic E-state index is 12.8. The molecule has 1 aliphatic heterocycles. The zero-order valence-electron chi connectivity index (χ0n) is 19.1. The molecule has 4 rings (SSSR count). The van der Waals surface area contributed by atoms with E-state index in [-0.39, 0.29) is 5.91 Å². The third-order valence-electron chi connectivity index (χ3n) is 5.80. The van der Waals surface area contributed by atoms with Crippen molar-refractivity contribution in [1.29, 1.82) is 0 Å². The van der Waals surface area contributed by atoms with Gasteiger partial charge in [-0.3, -0.25) is 4.79 Å². The van der Waals surface area contributed by atoms with E-state index in [1.807, 2.05) is 49.9 Å². The van der Waals surface area contributed by atoms with E-state index in [4.69, 9.17) is 18.6 Å². The van der Waals surface area contributed by atoms with Gasteiger partial charge in [0.15, 0.2) is 0 Å². The highest BCUT2D eigenvalue weighted by atomic mass is 16.5. The molecule has 0 N–H and O–H groups in total. The largest absolute Gasteiger partial charge is 0.497 e. The number of carbonyl (C=O) groups is 1. The van der Waals surface area contributed by atoms with Crippen molar-refractivity contribution in [3.8, 4) is 22.6 Å². The van der Waals surface area contributed by atoms with Gasteiger partial charge in [-0.05, 0) is 50.1 Å². The average Bonchev–Trinajstić information content (AvgIpc) is 3.25. The normalized spacial score (nSPS) is 14.6. The molecule has 32 heavy (non-hydrogen) atoms. The van der Waals surface area contributed by atoms with Crippen LogP contribution >= 0.6 is 0 Å². The third kappa shape index (κ3) is 4.23. The van der Waals surface area contributed by atoms with Gasteiger partial charge in [0, 0.05) is 41.2 Å². The molecule has 0 atom stereocenters. The zero-order chi connectivity index (χ0) is 22.7. The Hall–Kier alpha value is -3.25. The predicted octanol–water partition coefficient (Wildman–Crippen LogP) is 5.08. The van der Waals surface area contributed by atoms with E-state index in [1.54, 1.807) is 19.4 Å². The van der Waals surface area contributed by atoms with Crippen LogP contribution in [0.5, 0.6) is 11.5 Å². The number of carbonyl (C=O) groups excluding carboxylic acids is 1. The zero-order valence-corrected chi connectivity index (χ0v) is 19.1. The lowest BCUT2D eigenvalue weighted by Crippen LogP contribution is -2.39. The standard InChI is InChI=1S/C26H29NO5/c1-5-31-25-18(3)26-22(23(16-32-26)19-7-6-8-20(14-19)29-4)15-21(25)17(2)13-24(28)27-9-11-30-12-10-27/h6-8,13-16H,5,9-12H2,1-4H3/b17-13+. The lowest BCUT2D eigenvalue weighted by molar-refractivity contribution is -0.129. The van der Waals surface area contributed by atoms with Crippen molar-refractivity contribution in [2.45, 2.75) is 20.8 Å². The van der Waals surface area contributed by atoms with E-state index in [0.717, 1.165) is 50.3 Å². The van der Waals surface area contributed by atoms with Gasteiger partial charge in [-0.2, -0.15) is 0 Å². The number of ether oxygens (including phenoxy) is 3. The van der Waals surface area contributed by atoms with Crippen molar-refractivity contribution in [2.24, 2.45) is 0 Å². The van der Waals surface area contributed by atoms with Gasteiger partial charge < -0.3 is 23.5 Å². The topological polar surface area (TPSA) is 61.1 Å². The predicted molar refractivity (Wildman–Crippen MR) is 125 cm³/mol. The molecule has 1 saturated heterocycles. The van der Waals surface area contributed by atoms with Gasteiger partial charge in [0.1, 0.15) is 17.1 Å². The van der Waals surface area contributed by atoms with Crippen LogP contribution in [0.25, 0.3) is 27.7 Å². The minimum absolute atomic E-state index is 0.00814. The van der Waals surface area contributed by atoms with Crippen molar-refractivity contribution in [2.75, 3.05) is 40.0 Å². The molecular formula is C26H29NO5. The van der Waals surface area contributed by atoms with E-state index in [2.05, 4.69) is 6.07 Å². The minimum Gasteiger partial charge on any atom is -0.497 e. The number of amides is 1. The van der Waals surface area contributed by atoms with Crippen molar-refractivity contribution >= 4 is 22.4 Å². The van der Waals surface area contributed by atoms with Crippen LogP contribution in [-0.2, 0) is 9.53 Å². The molecule has 0 unspecified atom stereocenters. The molecule has 168 valence electrons. The van der Waals surface area contributed by atoms with Crippen LogP contribution in [0.3, 0.4) is 0 Å². The van der Waals surface area contributed by atoms with Gasteiger partial charge in [0.2, 0.25) is 5.91 Å². The number of allylic oxidation sites excluding steroid dienone is 1. The van der Waals surface area contributed by atoms with Gasteiger partial charge in [0.05, 0.1) is 33.2 Å². The molecule has 2 aromatic carbocycles. The third-order valence-corrected chi connectivity index (χ3v) is 5.80. The Kier molecular flexibility index (Phi) is 6.51. The number of furan rings is 1. The van der Waals surface area contributed by atoms with Gasteiger partial charge in [-0.25, -0.2) is 0 Å². The summed E-state index contributed by atoms with van der Waals surface area (Å²) in [5.74, 6) is 1.52. The fourth-order valence-corrected chi connectivity index (χ4v) is 4.09. The van der Waals surface area contributed by atoms with E-state index in [9.17, 15) is 4.79 Å². The molecule has 2 heterocycles. The fraction of sp³-hybridized carbons (Fsp3) is 0.346.